The molecule has 0 aliphatic heterocycles. The Morgan fingerprint density at radius 1 is 1.00 bits per heavy atom. The maximum atomic E-state index is 11.3. The van der Waals surface area contributed by atoms with Crippen molar-refractivity contribution in [3.63, 3.8) is 0 Å². The zero-order valence-electron chi connectivity index (χ0n) is 9.54. The van der Waals surface area contributed by atoms with Gasteiger partial charge in [0.15, 0.2) is 15.0 Å². The number of hydrogen-bond donors (Lipinski definition) is 0. The first-order valence-corrected chi connectivity index (χ1v) is 8.36. The number of benzene rings is 1. The Bertz CT molecular complexity index is 685. The van der Waals surface area contributed by atoms with Crippen LogP contribution in [0.15, 0.2) is 39.2 Å². The van der Waals surface area contributed by atoms with Crippen LogP contribution >= 0.6 is 35.0 Å². The monoisotopic (exact) mass is 335 g/mol. The molecule has 1 heterocycles. The topological polar surface area (TPSA) is 72.8 Å². The molecule has 0 amide bonds. The van der Waals surface area contributed by atoms with Crippen LogP contribution < -0.4 is 0 Å². The second-order valence-corrected chi connectivity index (χ2v) is 7.23. The average molecular weight is 336 g/mol. The highest BCUT2D eigenvalue weighted by Crippen LogP contribution is 2.26. The van der Waals surface area contributed by atoms with Gasteiger partial charge in [0, 0.05) is 11.2 Å². The van der Waals surface area contributed by atoms with Gasteiger partial charge in [0.1, 0.15) is 0 Å². The zero-order valence-corrected chi connectivity index (χ0v) is 12.7. The second-order valence-electron chi connectivity index (χ2n) is 3.50. The molecule has 0 aliphatic rings. The van der Waals surface area contributed by atoms with Crippen molar-refractivity contribution in [2.75, 3.05) is 6.26 Å². The number of sulfone groups is 1. The fourth-order valence-electron chi connectivity index (χ4n) is 1.21. The van der Waals surface area contributed by atoms with Gasteiger partial charge in [-0.15, -0.1) is 0 Å². The smallest absolute Gasteiger partial charge is 0.224 e. The molecule has 1 aromatic heterocycles. The van der Waals surface area contributed by atoms with Gasteiger partial charge in [-0.3, -0.25) is 0 Å². The molecule has 2 rings (SSSR count). The van der Waals surface area contributed by atoms with Gasteiger partial charge in [0.25, 0.3) is 0 Å². The van der Waals surface area contributed by atoms with Crippen LogP contribution in [0.4, 0.5) is 0 Å². The SMILES string of the molecule is CS(=O)(=O)c1ccc(Sc2nc(Cl)nc(Cl)n2)cc1. The van der Waals surface area contributed by atoms with Crippen LogP contribution in [0.1, 0.15) is 0 Å². The molecule has 9 heteroatoms. The van der Waals surface area contributed by atoms with E-state index >= 15 is 0 Å². The summed E-state index contributed by atoms with van der Waals surface area (Å²) >= 11 is 12.5. The summed E-state index contributed by atoms with van der Waals surface area (Å²) in [4.78, 5) is 12.5. The lowest BCUT2D eigenvalue weighted by atomic mass is 10.4. The van der Waals surface area contributed by atoms with Gasteiger partial charge in [0.2, 0.25) is 10.6 Å². The van der Waals surface area contributed by atoms with Gasteiger partial charge < -0.3 is 0 Å². The maximum Gasteiger partial charge on any atom is 0.227 e. The van der Waals surface area contributed by atoms with E-state index in [0.29, 0.717) is 5.16 Å². The largest absolute Gasteiger partial charge is 0.227 e. The number of hydrogen-bond acceptors (Lipinski definition) is 6. The van der Waals surface area contributed by atoms with Gasteiger partial charge in [-0.2, -0.15) is 15.0 Å². The van der Waals surface area contributed by atoms with Crippen LogP contribution in [-0.4, -0.2) is 29.6 Å². The summed E-state index contributed by atoms with van der Waals surface area (Å²) in [6.07, 6.45) is 1.15. The lowest BCUT2D eigenvalue weighted by Crippen LogP contribution is -1.96. The van der Waals surface area contributed by atoms with E-state index < -0.39 is 9.84 Å². The third-order valence-corrected chi connectivity index (χ3v) is 4.36. The molecule has 2 aromatic rings. The number of halogens is 2. The molecule has 5 nitrogen and oxygen atoms in total. The molecule has 1 aromatic carbocycles. The van der Waals surface area contributed by atoms with Crippen molar-refractivity contribution in [1.29, 1.82) is 0 Å². The van der Waals surface area contributed by atoms with Crippen molar-refractivity contribution in [3.05, 3.63) is 34.8 Å². The first kappa shape index (κ1) is 14.5. The van der Waals surface area contributed by atoms with Crippen molar-refractivity contribution in [1.82, 2.24) is 15.0 Å². The summed E-state index contributed by atoms with van der Waals surface area (Å²) in [5.41, 5.74) is 0. The molecule has 19 heavy (non-hydrogen) atoms. The standard InChI is InChI=1S/C10H7Cl2N3O2S2/c1-19(16,17)7-4-2-6(3-5-7)18-10-14-8(11)13-9(12)15-10/h2-5H,1H3. The molecule has 0 aliphatic carbocycles. The highest BCUT2D eigenvalue weighted by Gasteiger charge is 2.08. The molecule has 0 radical (unpaired) electrons. The third kappa shape index (κ3) is 4.04. The Morgan fingerprint density at radius 2 is 1.53 bits per heavy atom. The molecule has 100 valence electrons. The van der Waals surface area contributed by atoms with Crippen molar-refractivity contribution in [3.8, 4) is 0 Å². The van der Waals surface area contributed by atoms with Gasteiger partial charge in [0.05, 0.1) is 4.90 Å². The second kappa shape index (κ2) is 5.62. The first-order chi connectivity index (χ1) is 8.84. The van der Waals surface area contributed by atoms with Crippen LogP contribution in [-0.2, 0) is 9.84 Å². The van der Waals surface area contributed by atoms with E-state index in [1.807, 2.05) is 0 Å². The van der Waals surface area contributed by atoms with Crippen LogP contribution in [0.3, 0.4) is 0 Å². The highest BCUT2D eigenvalue weighted by molar-refractivity contribution is 7.99. The van der Waals surface area contributed by atoms with Crippen molar-refractivity contribution in [2.45, 2.75) is 14.9 Å². The Kier molecular flexibility index (Phi) is 4.29. The molecule has 0 fully saturated rings. The van der Waals surface area contributed by atoms with Crippen molar-refractivity contribution >= 4 is 44.8 Å². The predicted octanol–water partition coefficient (Wildman–Crippen LogP) is 2.73. The molecule has 0 saturated heterocycles. The van der Waals surface area contributed by atoms with Gasteiger partial charge in [-0.25, -0.2) is 8.42 Å². The van der Waals surface area contributed by atoms with Crippen molar-refractivity contribution < 1.29 is 8.42 Å². The highest BCUT2D eigenvalue weighted by atomic mass is 35.5. The lowest BCUT2D eigenvalue weighted by Gasteiger charge is -2.02. The summed E-state index contributed by atoms with van der Waals surface area (Å²) < 4.78 is 22.6. The van der Waals surface area contributed by atoms with E-state index in [9.17, 15) is 8.42 Å². The quantitative estimate of drug-likeness (QED) is 0.858. The minimum atomic E-state index is -3.20. The van der Waals surface area contributed by atoms with E-state index in [-0.39, 0.29) is 15.5 Å². The summed E-state index contributed by atoms with van der Waals surface area (Å²) in [5, 5.41) is 0.364. The third-order valence-electron chi connectivity index (χ3n) is 2.02. The number of aromatic nitrogens is 3. The van der Waals surface area contributed by atoms with Crippen LogP contribution in [0.25, 0.3) is 0 Å². The molecule has 0 bridgehead atoms. The Labute approximate surface area is 124 Å². The van der Waals surface area contributed by atoms with Crippen LogP contribution in [0.2, 0.25) is 10.6 Å². The summed E-state index contributed by atoms with van der Waals surface area (Å²) in [7, 11) is -3.20. The minimum Gasteiger partial charge on any atom is -0.224 e. The van der Waals surface area contributed by atoms with Gasteiger partial charge in [-0.05, 0) is 59.2 Å². The van der Waals surface area contributed by atoms with Gasteiger partial charge in [-0.1, -0.05) is 0 Å². The fraction of sp³-hybridized carbons (Fsp3) is 0.100. The molecule has 0 N–H and O–H groups in total. The molecule has 0 atom stereocenters. The van der Waals surface area contributed by atoms with Gasteiger partial charge >= 0.3 is 0 Å². The average Bonchev–Trinajstić information content (AvgIpc) is 2.26. The fourth-order valence-corrected chi connectivity index (χ4v) is 3.06. The van der Waals surface area contributed by atoms with E-state index in [1.165, 1.54) is 23.9 Å². The molecular weight excluding hydrogens is 329 g/mol. The van der Waals surface area contributed by atoms with E-state index in [0.717, 1.165) is 11.2 Å². The zero-order chi connectivity index (χ0) is 14.0. The summed E-state index contributed by atoms with van der Waals surface area (Å²) in [5.74, 6) is 0. The van der Waals surface area contributed by atoms with Crippen LogP contribution in [0.5, 0.6) is 0 Å². The van der Waals surface area contributed by atoms with Crippen molar-refractivity contribution in [2.24, 2.45) is 0 Å². The van der Waals surface area contributed by atoms with E-state index in [1.54, 1.807) is 12.1 Å². The maximum absolute atomic E-state index is 11.3. The first-order valence-electron chi connectivity index (χ1n) is 4.89. The van der Waals surface area contributed by atoms with E-state index in [2.05, 4.69) is 15.0 Å². The molecule has 0 unspecified atom stereocenters. The lowest BCUT2D eigenvalue weighted by molar-refractivity contribution is 0.602. The Hall–Kier alpha value is -0.890. The number of rotatable bonds is 3. The molecule has 0 spiro atoms. The summed E-state index contributed by atoms with van der Waals surface area (Å²) in [6, 6.07) is 6.35. The normalized spacial score (nSPS) is 11.5. The summed E-state index contributed by atoms with van der Waals surface area (Å²) in [6.45, 7) is 0. The predicted molar refractivity (Wildman–Crippen MR) is 73.5 cm³/mol. The van der Waals surface area contributed by atoms with E-state index in [4.69, 9.17) is 23.2 Å². The number of nitrogens with zero attached hydrogens (tertiary/aromatic N) is 3. The minimum absolute atomic E-state index is 0.00950. The molecular formula is C10H7Cl2N3O2S2. The Balaban J connectivity index is 2.24. The molecule has 0 saturated carbocycles. The van der Waals surface area contributed by atoms with Crippen LogP contribution in [0, 0.1) is 0 Å². The Morgan fingerprint density at radius 3 is 2.00 bits per heavy atom.